The normalized spacial score (nSPS) is 10.9. The van der Waals surface area contributed by atoms with E-state index < -0.39 is 5.97 Å². The van der Waals surface area contributed by atoms with Crippen LogP contribution in [-0.4, -0.2) is 20.6 Å². The van der Waals surface area contributed by atoms with Crippen LogP contribution >= 0.6 is 0 Å². The number of unbranched alkanes of at least 4 members (excludes halogenated alkanes) is 2. The highest BCUT2D eigenvalue weighted by Gasteiger charge is 1.90. The molecule has 0 aliphatic carbocycles. The number of hydrogen-bond acceptors (Lipinski definition) is 2. The minimum absolute atomic E-state index is 0.820. The molecule has 1 rings (SSSR count). The number of aryl methyl sites for hydroxylation is 1. The van der Waals surface area contributed by atoms with Gasteiger partial charge in [-0.1, -0.05) is 6.08 Å². The van der Waals surface area contributed by atoms with Crippen molar-refractivity contribution in [3.63, 3.8) is 0 Å². The second kappa shape index (κ2) is 5.96. The lowest BCUT2D eigenvalue weighted by molar-refractivity contribution is -0.131. The van der Waals surface area contributed by atoms with E-state index in [1.165, 1.54) is 6.08 Å². The highest BCUT2D eigenvalue weighted by atomic mass is 16.4. The van der Waals surface area contributed by atoms with E-state index in [1.54, 1.807) is 18.6 Å². The molecule has 0 saturated heterocycles. The predicted octanol–water partition coefficient (Wildman–Crippen LogP) is 1.69. The Morgan fingerprint density at radius 2 is 2.36 bits per heavy atom. The molecule has 0 aliphatic rings. The van der Waals surface area contributed by atoms with Gasteiger partial charge in [0.2, 0.25) is 0 Å². The maximum absolute atomic E-state index is 10.1. The van der Waals surface area contributed by atoms with Crippen LogP contribution in [0.5, 0.6) is 0 Å². The third-order valence-electron chi connectivity index (χ3n) is 1.86. The van der Waals surface area contributed by atoms with Gasteiger partial charge >= 0.3 is 5.97 Å². The molecule has 14 heavy (non-hydrogen) atoms. The van der Waals surface area contributed by atoms with Crippen molar-refractivity contribution in [3.8, 4) is 0 Å². The van der Waals surface area contributed by atoms with E-state index in [1.807, 2.05) is 10.8 Å². The zero-order chi connectivity index (χ0) is 10.2. The maximum atomic E-state index is 10.1. The molecule has 4 heteroatoms. The summed E-state index contributed by atoms with van der Waals surface area (Å²) in [5.41, 5.74) is 0. The molecule has 0 atom stereocenters. The number of aliphatic carboxylic acids is 1. The Balaban J connectivity index is 2.03. The largest absolute Gasteiger partial charge is 0.478 e. The van der Waals surface area contributed by atoms with Gasteiger partial charge in [0.1, 0.15) is 0 Å². The van der Waals surface area contributed by atoms with Crippen molar-refractivity contribution in [2.75, 3.05) is 0 Å². The van der Waals surface area contributed by atoms with Gasteiger partial charge in [0.25, 0.3) is 0 Å². The van der Waals surface area contributed by atoms with Gasteiger partial charge < -0.3 is 9.67 Å². The van der Waals surface area contributed by atoms with Crippen LogP contribution < -0.4 is 0 Å². The standard InChI is InChI=1S/C10H14N2O2/c13-10(14)5-3-1-2-4-7-12-8-6-11-9-12/h3,5-6,8-9H,1-2,4,7H2,(H,13,14). The molecule has 0 aromatic carbocycles. The van der Waals surface area contributed by atoms with Gasteiger partial charge in [-0.3, -0.25) is 0 Å². The van der Waals surface area contributed by atoms with E-state index in [0.717, 1.165) is 25.8 Å². The lowest BCUT2D eigenvalue weighted by Crippen LogP contribution is -1.93. The summed E-state index contributed by atoms with van der Waals surface area (Å²) in [4.78, 5) is 14.1. The van der Waals surface area contributed by atoms with Gasteiger partial charge in [-0.25, -0.2) is 9.78 Å². The summed E-state index contributed by atoms with van der Waals surface area (Å²) in [7, 11) is 0. The summed E-state index contributed by atoms with van der Waals surface area (Å²) in [6.07, 6.45) is 11.2. The molecule has 0 aliphatic heterocycles. The Kier molecular flexibility index (Phi) is 4.47. The minimum atomic E-state index is -0.875. The lowest BCUT2D eigenvalue weighted by atomic mass is 10.2. The molecule has 0 radical (unpaired) electrons. The summed E-state index contributed by atoms with van der Waals surface area (Å²) < 4.78 is 2.01. The van der Waals surface area contributed by atoms with E-state index in [4.69, 9.17) is 5.11 Å². The average Bonchev–Trinajstić information content (AvgIpc) is 2.63. The van der Waals surface area contributed by atoms with Crippen LogP contribution in [0.3, 0.4) is 0 Å². The zero-order valence-corrected chi connectivity index (χ0v) is 7.97. The van der Waals surface area contributed by atoms with E-state index >= 15 is 0 Å². The van der Waals surface area contributed by atoms with Gasteiger partial charge in [-0.05, 0) is 19.3 Å². The number of carboxylic acids is 1. The van der Waals surface area contributed by atoms with Gasteiger partial charge in [-0.15, -0.1) is 0 Å². The summed E-state index contributed by atoms with van der Waals surface area (Å²) in [6, 6.07) is 0. The number of aromatic nitrogens is 2. The fourth-order valence-electron chi connectivity index (χ4n) is 1.16. The fourth-order valence-corrected chi connectivity index (χ4v) is 1.16. The first-order valence-corrected chi connectivity index (χ1v) is 4.64. The first-order chi connectivity index (χ1) is 6.79. The molecule has 0 spiro atoms. The fraction of sp³-hybridized carbons (Fsp3) is 0.400. The maximum Gasteiger partial charge on any atom is 0.327 e. The molecule has 0 amide bonds. The molecule has 1 aromatic heterocycles. The van der Waals surface area contributed by atoms with E-state index in [9.17, 15) is 4.79 Å². The molecule has 0 bridgehead atoms. The van der Waals surface area contributed by atoms with E-state index in [0.29, 0.717) is 0 Å². The SMILES string of the molecule is O=C(O)C=CCCCCn1ccnc1. The molecule has 1 N–H and O–H groups in total. The molecule has 76 valence electrons. The van der Waals surface area contributed by atoms with Crippen LogP contribution in [0.1, 0.15) is 19.3 Å². The number of rotatable bonds is 6. The van der Waals surface area contributed by atoms with Crippen LogP contribution in [-0.2, 0) is 11.3 Å². The molecule has 1 aromatic rings. The van der Waals surface area contributed by atoms with Crippen molar-refractivity contribution in [1.82, 2.24) is 9.55 Å². The highest BCUT2D eigenvalue weighted by Crippen LogP contribution is 1.99. The Bertz CT molecular complexity index is 291. The number of nitrogens with zero attached hydrogens (tertiary/aromatic N) is 2. The van der Waals surface area contributed by atoms with Crippen LogP contribution in [0.2, 0.25) is 0 Å². The Morgan fingerprint density at radius 3 is 3.00 bits per heavy atom. The summed E-state index contributed by atoms with van der Waals surface area (Å²) in [5, 5.41) is 8.32. The second-order valence-electron chi connectivity index (χ2n) is 3.04. The monoisotopic (exact) mass is 194 g/mol. The molecule has 0 saturated carbocycles. The minimum Gasteiger partial charge on any atom is -0.478 e. The molecule has 0 fully saturated rings. The van der Waals surface area contributed by atoms with Crippen LogP contribution in [0.15, 0.2) is 30.9 Å². The molecule has 1 heterocycles. The second-order valence-corrected chi connectivity index (χ2v) is 3.04. The average molecular weight is 194 g/mol. The van der Waals surface area contributed by atoms with Crippen molar-refractivity contribution >= 4 is 5.97 Å². The van der Waals surface area contributed by atoms with Gasteiger partial charge in [0.15, 0.2) is 0 Å². The van der Waals surface area contributed by atoms with Crippen molar-refractivity contribution in [2.45, 2.75) is 25.8 Å². The van der Waals surface area contributed by atoms with Gasteiger partial charge in [0.05, 0.1) is 6.33 Å². The molecular formula is C10H14N2O2. The zero-order valence-electron chi connectivity index (χ0n) is 7.97. The van der Waals surface area contributed by atoms with E-state index in [-0.39, 0.29) is 0 Å². The lowest BCUT2D eigenvalue weighted by Gasteiger charge is -1.99. The summed E-state index contributed by atoms with van der Waals surface area (Å²) in [5.74, 6) is -0.875. The highest BCUT2D eigenvalue weighted by molar-refractivity contribution is 5.79. The Morgan fingerprint density at radius 1 is 1.50 bits per heavy atom. The first kappa shape index (κ1) is 10.5. The predicted molar refractivity (Wildman–Crippen MR) is 52.9 cm³/mol. The summed E-state index contributed by atoms with van der Waals surface area (Å²) >= 11 is 0. The van der Waals surface area contributed by atoms with Gasteiger partial charge in [0, 0.05) is 25.0 Å². The topological polar surface area (TPSA) is 55.1 Å². The number of allylic oxidation sites excluding steroid dienone is 1. The quantitative estimate of drug-likeness (QED) is 0.554. The first-order valence-electron chi connectivity index (χ1n) is 4.64. The third-order valence-corrected chi connectivity index (χ3v) is 1.86. The number of carboxylic acid groups (broad SMARTS) is 1. The molecular weight excluding hydrogens is 180 g/mol. The Hall–Kier alpha value is -1.58. The number of hydrogen-bond donors (Lipinski definition) is 1. The molecule has 0 unspecified atom stereocenters. The number of carbonyl (C=O) groups is 1. The van der Waals surface area contributed by atoms with Crippen molar-refractivity contribution in [3.05, 3.63) is 30.9 Å². The smallest absolute Gasteiger partial charge is 0.327 e. The van der Waals surface area contributed by atoms with Gasteiger partial charge in [-0.2, -0.15) is 0 Å². The Labute approximate surface area is 82.9 Å². The van der Waals surface area contributed by atoms with Crippen molar-refractivity contribution in [2.24, 2.45) is 0 Å². The van der Waals surface area contributed by atoms with Crippen LogP contribution in [0.4, 0.5) is 0 Å². The van der Waals surface area contributed by atoms with Crippen molar-refractivity contribution < 1.29 is 9.90 Å². The molecule has 4 nitrogen and oxygen atoms in total. The summed E-state index contributed by atoms with van der Waals surface area (Å²) in [6.45, 7) is 0.945. The van der Waals surface area contributed by atoms with Crippen LogP contribution in [0, 0.1) is 0 Å². The van der Waals surface area contributed by atoms with Crippen LogP contribution in [0.25, 0.3) is 0 Å². The number of imidazole rings is 1. The van der Waals surface area contributed by atoms with Crippen molar-refractivity contribution in [1.29, 1.82) is 0 Å². The van der Waals surface area contributed by atoms with E-state index in [2.05, 4.69) is 4.98 Å². The third kappa shape index (κ3) is 4.45.